The molecule has 1 saturated heterocycles. The number of halogens is 1. The number of benzene rings is 1. The van der Waals surface area contributed by atoms with Gasteiger partial charge in [0.25, 0.3) is 5.91 Å². The van der Waals surface area contributed by atoms with Crippen LogP contribution in [0.3, 0.4) is 0 Å². The molecule has 0 unspecified atom stereocenters. The normalized spacial score (nSPS) is 14.8. The molecule has 0 spiro atoms. The van der Waals surface area contributed by atoms with E-state index in [1.54, 1.807) is 5.38 Å². The number of aromatic nitrogens is 1. The van der Waals surface area contributed by atoms with Gasteiger partial charge in [-0.05, 0) is 18.2 Å². The molecule has 2 aromatic rings. The third kappa shape index (κ3) is 4.59. The molecular weight excluding hydrogens is 378 g/mol. The number of hydrogen-bond acceptors (Lipinski definition) is 7. The number of ether oxygens (including phenoxy) is 2. The summed E-state index contributed by atoms with van der Waals surface area (Å²) in [5.74, 6) is -0.878. The van der Waals surface area contributed by atoms with E-state index in [1.165, 1.54) is 36.6 Å². The zero-order chi connectivity index (χ0) is 18.5. The number of thiazole rings is 1. The molecule has 0 aliphatic carbocycles. The molecule has 2 heterocycles. The van der Waals surface area contributed by atoms with Gasteiger partial charge in [0.05, 0.1) is 43.1 Å². The summed E-state index contributed by atoms with van der Waals surface area (Å²) in [7, 11) is 1.29. The van der Waals surface area contributed by atoms with E-state index in [-0.39, 0.29) is 5.91 Å². The molecule has 0 saturated carbocycles. The first-order chi connectivity index (χ1) is 12.6. The monoisotopic (exact) mass is 395 g/mol. The third-order valence-electron chi connectivity index (χ3n) is 3.88. The SMILES string of the molecule is COC(=O)c1ccc(Cl)c(NC(=O)c2csc(CN3CCOCC3)n2)c1. The molecule has 0 atom stereocenters. The second-order valence-electron chi connectivity index (χ2n) is 5.66. The highest BCUT2D eigenvalue weighted by atomic mass is 35.5. The van der Waals surface area contributed by atoms with Gasteiger partial charge in [-0.1, -0.05) is 11.6 Å². The van der Waals surface area contributed by atoms with E-state index < -0.39 is 5.97 Å². The highest BCUT2D eigenvalue weighted by Gasteiger charge is 2.17. The van der Waals surface area contributed by atoms with Gasteiger partial charge >= 0.3 is 5.97 Å². The molecule has 1 N–H and O–H groups in total. The predicted octanol–water partition coefficient (Wildman–Crippen LogP) is 2.67. The summed E-state index contributed by atoms with van der Waals surface area (Å²) in [4.78, 5) is 30.7. The fourth-order valence-corrected chi connectivity index (χ4v) is 3.47. The van der Waals surface area contributed by atoms with Crippen molar-refractivity contribution in [2.24, 2.45) is 0 Å². The van der Waals surface area contributed by atoms with Gasteiger partial charge in [-0.15, -0.1) is 11.3 Å². The number of methoxy groups -OCH3 is 1. The van der Waals surface area contributed by atoms with Crippen molar-refractivity contribution in [2.75, 3.05) is 38.7 Å². The van der Waals surface area contributed by atoms with Crippen molar-refractivity contribution in [3.05, 3.63) is 44.9 Å². The number of nitrogens with one attached hydrogen (secondary N) is 1. The molecular formula is C17H18ClN3O4S. The second-order valence-corrected chi connectivity index (χ2v) is 7.01. The van der Waals surface area contributed by atoms with E-state index in [2.05, 4.69) is 19.9 Å². The average Bonchev–Trinajstić information content (AvgIpc) is 3.12. The van der Waals surface area contributed by atoms with Gasteiger partial charge < -0.3 is 14.8 Å². The van der Waals surface area contributed by atoms with Crippen LogP contribution in [0.5, 0.6) is 0 Å². The van der Waals surface area contributed by atoms with E-state index in [0.717, 1.165) is 18.1 Å². The van der Waals surface area contributed by atoms with Gasteiger partial charge in [0.15, 0.2) is 0 Å². The lowest BCUT2D eigenvalue weighted by molar-refractivity contribution is 0.0341. The molecule has 0 bridgehead atoms. The highest BCUT2D eigenvalue weighted by molar-refractivity contribution is 7.09. The van der Waals surface area contributed by atoms with Gasteiger partial charge in [-0.25, -0.2) is 9.78 Å². The summed E-state index contributed by atoms with van der Waals surface area (Å²) in [6.45, 7) is 3.84. The fourth-order valence-electron chi connectivity index (χ4n) is 2.49. The number of carbonyl (C=O) groups is 2. The number of anilines is 1. The fraction of sp³-hybridized carbons (Fsp3) is 0.353. The lowest BCUT2D eigenvalue weighted by Gasteiger charge is -2.25. The van der Waals surface area contributed by atoms with Crippen LogP contribution in [-0.4, -0.2) is 55.2 Å². The Balaban J connectivity index is 1.67. The Kier molecular flexibility index (Phi) is 6.20. The van der Waals surface area contributed by atoms with Crippen molar-refractivity contribution >= 4 is 40.5 Å². The zero-order valence-corrected chi connectivity index (χ0v) is 15.7. The second kappa shape index (κ2) is 8.59. The Bertz CT molecular complexity index is 805. The van der Waals surface area contributed by atoms with Gasteiger partial charge in [-0.2, -0.15) is 0 Å². The van der Waals surface area contributed by atoms with Crippen LogP contribution in [0.25, 0.3) is 0 Å². The molecule has 138 valence electrons. The number of esters is 1. The minimum absolute atomic E-state index is 0.304. The number of carbonyl (C=O) groups excluding carboxylic acids is 2. The number of rotatable bonds is 5. The first-order valence-electron chi connectivity index (χ1n) is 8.00. The van der Waals surface area contributed by atoms with E-state index in [0.29, 0.717) is 41.7 Å². The quantitative estimate of drug-likeness (QED) is 0.784. The Morgan fingerprint density at radius 3 is 2.88 bits per heavy atom. The Labute approximate surface area is 159 Å². The lowest BCUT2D eigenvalue weighted by atomic mass is 10.2. The van der Waals surface area contributed by atoms with Crippen LogP contribution in [0.4, 0.5) is 5.69 Å². The highest BCUT2D eigenvalue weighted by Crippen LogP contribution is 2.24. The topological polar surface area (TPSA) is 80.8 Å². The summed E-state index contributed by atoms with van der Waals surface area (Å²) >= 11 is 7.54. The largest absolute Gasteiger partial charge is 0.465 e. The molecule has 3 rings (SSSR count). The van der Waals surface area contributed by atoms with Crippen molar-refractivity contribution in [3.8, 4) is 0 Å². The summed E-state index contributed by atoms with van der Waals surface area (Å²) in [6, 6.07) is 4.55. The molecule has 1 aromatic heterocycles. The van der Waals surface area contributed by atoms with Crippen LogP contribution < -0.4 is 5.32 Å². The molecule has 9 heteroatoms. The summed E-state index contributed by atoms with van der Waals surface area (Å²) < 4.78 is 10.0. The van der Waals surface area contributed by atoms with Crippen LogP contribution in [-0.2, 0) is 16.0 Å². The molecule has 1 amide bonds. The van der Waals surface area contributed by atoms with Crippen molar-refractivity contribution < 1.29 is 19.1 Å². The van der Waals surface area contributed by atoms with E-state index >= 15 is 0 Å². The van der Waals surface area contributed by atoms with Crippen molar-refractivity contribution in [1.29, 1.82) is 0 Å². The first kappa shape index (κ1) is 18.8. The molecule has 1 aliphatic heterocycles. The predicted molar refractivity (Wildman–Crippen MR) is 99.0 cm³/mol. The summed E-state index contributed by atoms with van der Waals surface area (Å²) in [5.41, 5.74) is 0.957. The van der Waals surface area contributed by atoms with Crippen LogP contribution in [0.15, 0.2) is 23.6 Å². The zero-order valence-electron chi connectivity index (χ0n) is 14.2. The number of nitrogens with zero attached hydrogens (tertiary/aromatic N) is 2. The molecule has 26 heavy (non-hydrogen) atoms. The summed E-state index contributed by atoms with van der Waals surface area (Å²) in [6.07, 6.45) is 0. The molecule has 1 fully saturated rings. The minimum atomic E-state index is -0.501. The van der Waals surface area contributed by atoms with E-state index in [4.69, 9.17) is 16.3 Å². The number of hydrogen-bond donors (Lipinski definition) is 1. The Morgan fingerprint density at radius 1 is 1.38 bits per heavy atom. The Hall–Kier alpha value is -2.00. The first-order valence-corrected chi connectivity index (χ1v) is 9.26. The maximum absolute atomic E-state index is 12.4. The van der Waals surface area contributed by atoms with E-state index in [9.17, 15) is 9.59 Å². The molecule has 1 aliphatic rings. The maximum atomic E-state index is 12.4. The van der Waals surface area contributed by atoms with Gasteiger partial charge in [0.1, 0.15) is 10.7 Å². The average molecular weight is 396 g/mol. The van der Waals surface area contributed by atoms with Crippen molar-refractivity contribution in [3.63, 3.8) is 0 Å². The van der Waals surface area contributed by atoms with Crippen LogP contribution in [0.2, 0.25) is 5.02 Å². The lowest BCUT2D eigenvalue weighted by Crippen LogP contribution is -2.35. The van der Waals surface area contributed by atoms with Crippen LogP contribution in [0, 0.1) is 0 Å². The smallest absolute Gasteiger partial charge is 0.337 e. The molecule has 7 nitrogen and oxygen atoms in total. The third-order valence-corrected chi connectivity index (χ3v) is 5.05. The van der Waals surface area contributed by atoms with Gasteiger partial charge in [0.2, 0.25) is 0 Å². The Morgan fingerprint density at radius 2 is 2.15 bits per heavy atom. The van der Waals surface area contributed by atoms with Gasteiger partial charge in [0, 0.05) is 18.5 Å². The maximum Gasteiger partial charge on any atom is 0.337 e. The van der Waals surface area contributed by atoms with Crippen LogP contribution in [0.1, 0.15) is 25.9 Å². The van der Waals surface area contributed by atoms with Crippen molar-refractivity contribution in [1.82, 2.24) is 9.88 Å². The number of morpholine rings is 1. The number of amides is 1. The molecule has 1 aromatic carbocycles. The standard InChI is InChI=1S/C17H18ClN3O4S/c1-24-17(23)11-2-3-12(18)13(8-11)20-16(22)14-10-26-15(19-14)9-21-4-6-25-7-5-21/h2-3,8,10H,4-7,9H2,1H3,(H,20,22). The minimum Gasteiger partial charge on any atom is -0.465 e. The van der Waals surface area contributed by atoms with Gasteiger partial charge in [-0.3, -0.25) is 9.69 Å². The summed E-state index contributed by atoms with van der Waals surface area (Å²) in [5, 5.41) is 5.60. The van der Waals surface area contributed by atoms with E-state index in [1.807, 2.05) is 0 Å². The molecule has 0 radical (unpaired) electrons. The van der Waals surface area contributed by atoms with Crippen molar-refractivity contribution in [2.45, 2.75) is 6.54 Å². The van der Waals surface area contributed by atoms with Crippen LogP contribution >= 0.6 is 22.9 Å².